The van der Waals surface area contributed by atoms with Gasteiger partial charge in [0.2, 0.25) is 0 Å². The third-order valence-corrected chi connectivity index (χ3v) is 3.13. The molecule has 1 fully saturated rings. The van der Waals surface area contributed by atoms with Gasteiger partial charge in [-0.05, 0) is 25.7 Å². The van der Waals surface area contributed by atoms with Crippen molar-refractivity contribution < 1.29 is 18.7 Å². The quantitative estimate of drug-likeness (QED) is 0.755. The van der Waals surface area contributed by atoms with Crippen LogP contribution in [-0.2, 0) is 4.74 Å². The van der Waals surface area contributed by atoms with Crippen LogP contribution in [0.5, 0.6) is 6.08 Å². The van der Waals surface area contributed by atoms with Gasteiger partial charge < -0.3 is 13.9 Å². The van der Waals surface area contributed by atoms with E-state index in [0.29, 0.717) is 19.1 Å². The lowest BCUT2D eigenvalue weighted by Gasteiger charge is -2.20. The first-order valence-electron chi connectivity index (χ1n) is 6.55. The second-order valence-corrected chi connectivity index (χ2v) is 4.53. The van der Waals surface area contributed by atoms with Gasteiger partial charge in [0.05, 0.1) is 13.2 Å². The summed E-state index contributed by atoms with van der Waals surface area (Å²) in [5, 5.41) is 0. The number of rotatable bonds is 5. The molecule has 0 spiro atoms. The van der Waals surface area contributed by atoms with E-state index in [0.717, 1.165) is 0 Å². The number of nitrogens with zero attached hydrogens (tertiary/aromatic N) is 1. The maximum absolute atomic E-state index is 11.4. The van der Waals surface area contributed by atoms with E-state index in [2.05, 4.69) is 4.98 Å². The van der Waals surface area contributed by atoms with E-state index < -0.39 is 5.97 Å². The summed E-state index contributed by atoms with van der Waals surface area (Å²) in [4.78, 5) is 15.3. The molecular formula is C13H19NO4. The van der Waals surface area contributed by atoms with Crippen molar-refractivity contribution in [2.45, 2.75) is 39.0 Å². The average Bonchev–Trinajstić information content (AvgIpc) is 2.87. The highest BCUT2D eigenvalue weighted by atomic mass is 16.6. The fourth-order valence-electron chi connectivity index (χ4n) is 2.17. The number of ether oxygens (including phenoxy) is 2. The van der Waals surface area contributed by atoms with Crippen LogP contribution in [-0.4, -0.2) is 24.2 Å². The molecule has 0 aliphatic heterocycles. The lowest BCUT2D eigenvalue weighted by Crippen LogP contribution is -2.15. The monoisotopic (exact) mass is 253 g/mol. The second-order valence-electron chi connectivity index (χ2n) is 4.53. The molecule has 5 nitrogen and oxygen atoms in total. The molecule has 0 saturated heterocycles. The van der Waals surface area contributed by atoms with Gasteiger partial charge in [0, 0.05) is 0 Å². The standard InChI is InChI=1S/C13H19NO4/c1-2-16-12(15)11-9-18-13(14-11)17-8-10-6-4-3-5-7-10/h9-10H,2-8H2,1H3. The Labute approximate surface area is 106 Å². The predicted octanol–water partition coefficient (Wildman–Crippen LogP) is 2.81. The zero-order valence-electron chi connectivity index (χ0n) is 10.7. The topological polar surface area (TPSA) is 61.6 Å². The highest BCUT2D eigenvalue weighted by Crippen LogP contribution is 2.24. The summed E-state index contributed by atoms with van der Waals surface area (Å²) in [6, 6.07) is 0. The zero-order valence-corrected chi connectivity index (χ0v) is 10.7. The molecule has 0 atom stereocenters. The van der Waals surface area contributed by atoms with Gasteiger partial charge in [-0.25, -0.2) is 4.79 Å². The highest BCUT2D eigenvalue weighted by molar-refractivity contribution is 5.86. The largest absolute Gasteiger partial charge is 0.461 e. The lowest BCUT2D eigenvalue weighted by atomic mass is 9.90. The van der Waals surface area contributed by atoms with Crippen LogP contribution in [0.2, 0.25) is 0 Å². The zero-order chi connectivity index (χ0) is 12.8. The van der Waals surface area contributed by atoms with Gasteiger partial charge in [-0.1, -0.05) is 19.3 Å². The molecule has 18 heavy (non-hydrogen) atoms. The number of carbonyl (C=O) groups excluding carboxylic acids is 1. The Kier molecular flexibility index (Phi) is 4.61. The molecule has 100 valence electrons. The third-order valence-electron chi connectivity index (χ3n) is 3.13. The summed E-state index contributed by atoms with van der Waals surface area (Å²) in [6.07, 6.45) is 7.69. The van der Waals surface area contributed by atoms with Crippen molar-refractivity contribution in [1.29, 1.82) is 0 Å². The van der Waals surface area contributed by atoms with E-state index in [4.69, 9.17) is 13.9 Å². The number of esters is 1. The first-order valence-corrected chi connectivity index (χ1v) is 6.55. The van der Waals surface area contributed by atoms with Crippen molar-refractivity contribution in [2.24, 2.45) is 5.92 Å². The van der Waals surface area contributed by atoms with Crippen LogP contribution in [0.1, 0.15) is 49.5 Å². The molecule has 5 heteroatoms. The summed E-state index contributed by atoms with van der Waals surface area (Å²) in [5.74, 6) is 0.102. The molecular weight excluding hydrogens is 234 g/mol. The van der Waals surface area contributed by atoms with E-state index in [1.807, 2.05) is 0 Å². The summed E-state index contributed by atoms with van der Waals surface area (Å²) in [5.41, 5.74) is 0.162. The Morgan fingerprint density at radius 1 is 1.44 bits per heavy atom. The Morgan fingerprint density at radius 3 is 2.94 bits per heavy atom. The highest BCUT2D eigenvalue weighted by Gasteiger charge is 2.17. The molecule has 0 unspecified atom stereocenters. The van der Waals surface area contributed by atoms with Crippen molar-refractivity contribution in [2.75, 3.05) is 13.2 Å². The maximum Gasteiger partial charge on any atom is 0.394 e. The van der Waals surface area contributed by atoms with Crippen molar-refractivity contribution in [3.63, 3.8) is 0 Å². The molecule has 2 rings (SSSR count). The molecule has 0 bridgehead atoms. The number of carbonyl (C=O) groups is 1. The van der Waals surface area contributed by atoms with Gasteiger partial charge in [0.1, 0.15) is 6.26 Å². The van der Waals surface area contributed by atoms with Crippen molar-refractivity contribution in [1.82, 2.24) is 4.98 Å². The molecule has 0 radical (unpaired) electrons. The smallest absolute Gasteiger partial charge is 0.394 e. The van der Waals surface area contributed by atoms with Gasteiger partial charge in [-0.15, -0.1) is 0 Å². The molecule has 0 amide bonds. The van der Waals surface area contributed by atoms with Crippen molar-refractivity contribution in [3.8, 4) is 6.08 Å². The van der Waals surface area contributed by atoms with Gasteiger partial charge in [-0.2, -0.15) is 4.98 Å². The molecule has 1 saturated carbocycles. The van der Waals surface area contributed by atoms with Crippen LogP contribution in [0, 0.1) is 5.92 Å². The summed E-state index contributed by atoms with van der Waals surface area (Å²) in [6.45, 7) is 2.69. The van der Waals surface area contributed by atoms with Crippen molar-refractivity contribution in [3.05, 3.63) is 12.0 Å². The number of aromatic nitrogens is 1. The Hall–Kier alpha value is -1.52. The van der Waals surface area contributed by atoms with Crippen LogP contribution in [0.15, 0.2) is 10.7 Å². The number of hydrogen-bond donors (Lipinski definition) is 0. The van der Waals surface area contributed by atoms with E-state index in [1.54, 1.807) is 6.92 Å². The van der Waals surface area contributed by atoms with E-state index in [1.165, 1.54) is 38.4 Å². The minimum Gasteiger partial charge on any atom is -0.461 e. The third kappa shape index (κ3) is 3.48. The maximum atomic E-state index is 11.4. The van der Waals surface area contributed by atoms with Gasteiger partial charge in [0.25, 0.3) is 0 Å². The first-order chi connectivity index (χ1) is 8.79. The normalized spacial score (nSPS) is 16.5. The number of oxazole rings is 1. The SMILES string of the molecule is CCOC(=O)c1coc(OCC2CCCCC2)n1. The minimum absolute atomic E-state index is 0.156. The molecule has 1 aliphatic rings. The van der Waals surface area contributed by atoms with E-state index in [9.17, 15) is 4.79 Å². The molecule has 1 aliphatic carbocycles. The molecule has 0 aromatic carbocycles. The fraction of sp³-hybridized carbons (Fsp3) is 0.692. The summed E-state index contributed by atoms with van der Waals surface area (Å²) in [7, 11) is 0. The molecule has 1 aromatic rings. The van der Waals surface area contributed by atoms with Crippen LogP contribution in [0.3, 0.4) is 0 Å². The van der Waals surface area contributed by atoms with Gasteiger partial charge in [-0.3, -0.25) is 0 Å². The summed E-state index contributed by atoms with van der Waals surface area (Å²) < 4.78 is 15.4. The van der Waals surface area contributed by atoms with Gasteiger partial charge in [0.15, 0.2) is 5.69 Å². The van der Waals surface area contributed by atoms with Crippen LogP contribution in [0.4, 0.5) is 0 Å². The Bertz CT molecular complexity index is 382. The predicted molar refractivity (Wildman–Crippen MR) is 64.5 cm³/mol. The number of hydrogen-bond acceptors (Lipinski definition) is 5. The first kappa shape index (κ1) is 12.9. The Balaban J connectivity index is 1.80. The average molecular weight is 253 g/mol. The fourth-order valence-corrected chi connectivity index (χ4v) is 2.17. The van der Waals surface area contributed by atoms with Crippen LogP contribution < -0.4 is 4.74 Å². The van der Waals surface area contributed by atoms with Crippen LogP contribution in [0.25, 0.3) is 0 Å². The van der Waals surface area contributed by atoms with E-state index >= 15 is 0 Å². The minimum atomic E-state index is -0.478. The molecule has 1 aromatic heterocycles. The Morgan fingerprint density at radius 2 is 2.22 bits per heavy atom. The van der Waals surface area contributed by atoms with Crippen LogP contribution >= 0.6 is 0 Å². The van der Waals surface area contributed by atoms with Gasteiger partial charge >= 0.3 is 12.0 Å². The van der Waals surface area contributed by atoms with E-state index in [-0.39, 0.29) is 11.8 Å². The van der Waals surface area contributed by atoms with Crippen molar-refractivity contribution >= 4 is 5.97 Å². The summed E-state index contributed by atoms with van der Waals surface area (Å²) >= 11 is 0. The molecule has 1 heterocycles. The second kappa shape index (κ2) is 6.42. The molecule has 0 N–H and O–H groups in total. The lowest BCUT2D eigenvalue weighted by molar-refractivity contribution is 0.0519.